The fourth-order valence-electron chi connectivity index (χ4n) is 1.97. The molecular formula is C15H10Br2O2. The summed E-state index contributed by atoms with van der Waals surface area (Å²) in [4.78, 5) is 0. The van der Waals surface area contributed by atoms with E-state index in [1.807, 2.05) is 30.3 Å². The number of halogens is 2. The molecule has 0 N–H and O–H groups in total. The van der Waals surface area contributed by atoms with Crippen LogP contribution < -0.4 is 0 Å². The fourth-order valence-corrected chi connectivity index (χ4v) is 3.08. The lowest BCUT2D eigenvalue weighted by molar-refractivity contribution is -0.0246. The molecule has 2 aromatic rings. The summed E-state index contributed by atoms with van der Waals surface area (Å²) in [6.07, 6.45) is 2.77. The van der Waals surface area contributed by atoms with E-state index in [0.29, 0.717) is 0 Å². The maximum Gasteiger partial charge on any atom is 0.266 e. The summed E-state index contributed by atoms with van der Waals surface area (Å²) in [6, 6.07) is 14.2. The number of benzene rings is 2. The Morgan fingerprint density at radius 2 is 1.47 bits per heavy atom. The minimum absolute atomic E-state index is 0.343. The standard InChI is InChI=1S/C15H10Br2O2/c16-13-4-2-1-3-11(13)12-6-5-10(9-14(12)17)15-18-7-8-19-15/h1-9,15H. The third-order valence-corrected chi connectivity index (χ3v) is 4.24. The van der Waals surface area contributed by atoms with Crippen molar-refractivity contribution in [1.82, 2.24) is 0 Å². The molecule has 0 atom stereocenters. The third-order valence-electron chi connectivity index (χ3n) is 2.89. The van der Waals surface area contributed by atoms with E-state index in [2.05, 4.69) is 44.0 Å². The summed E-state index contributed by atoms with van der Waals surface area (Å²) >= 11 is 7.18. The molecule has 3 rings (SSSR count). The van der Waals surface area contributed by atoms with Gasteiger partial charge in [-0.2, -0.15) is 0 Å². The molecule has 2 aromatic carbocycles. The lowest BCUT2D eigenvalue weighted by Gasteiger charge is -2.13. The minimum atomic E-state index is -0.343. The summed E-state index contributed by atoms with van der Waals surface area (Å²) in [6.45, 7) is 0. The Hall–Kier alpha value is -1.26. The number of rotatable bonds is 2. The quantitative estimate of drug-likeness (QED) is 0.693. The first kappa shape index (κ1) is 12.8. The predicted octanol–water partition coefficient (Wildman–Crippen LogP) is 5.40. The Morgan fingerprint density at radius 1 is 0.789 bits per heavy atom. The summed E-state index contributed by atoms with van der Waals surface area (Å²) < 4.78 is 12.7. The van der Waals surface area contributed by atoms with Crippen molar-refractivity contribution in [1.29, 1.82) is 0 Å². The molecule has 4 heteroatoms. The van der Waals surface area contributed by atoms with Crippen LogP contribution in [-0.4, -0.2) is 0 Å². The van der Waals surface area contributed by atoms with E-state index in [-0.39, 0.29) is 6.29 Å². The second-order valence-electron chi connectivity index (χ2n) is 4.10. The summed E-state index contributed by atoms with van der Waals surface area (Å²) in [5, 5.41) is 0. The summed E-state index contributed by atoms with van der Waals surface area (Å²) in [5.74, 6) is 0. The first-order valence-corrected chi connectivity index (χ1v) is 7.34. The van der Waals surface area contributed by atoms with E-state index in [9.17, 15) is 0 Å². The molecule has 0 bridgehead atoms. The van der Waals surface area contributed by atoms with E-state index in [0.717, 1.165) is 25.6 Å². The SMILES string of the molecule is Brc1ccccc1-c1ccc(C2OC=CO2)cc1Br. The second-order valence-corrected chi connectivity index (χ2v) is 5.80. The lowest BCUT2D eigenvalue weighted by atomic mass is 10.0. The van der Waals surface area contributed by atoms with Gasteiger partial charge in [-0.05, 0) is 23.3 Å². The maximum atomic E-state index is 5.33. The van der Waals surface area contributed by atoms with Crippen LogP contribution in [0.4, 0.5) is 0 Å². The minimum Gasteiger partial charge on any atom is -0.455 e. The molecule has 0 spiro atoms. The van der Waals surface area contributed by atoms with Gasteiger partial charge in [0.25, 0.3) is 6.29 Å². The third kappa shape index (κ3) is 2.55. The number of hydrogen-bond donors (Lipinski definition) is 0. The van der Waals surface area contributed by atoms with Gasteiger partial charge in [0.1, 0.15) is 12.5 Å². The monoisotopic (exact) mass is 380 g/mol. The maximum absolute atomic E-state index is 5.33. The lowest BCUT2D eigenvalue weighted by Crippen LogP contribution is -1.98. The number of hydrogen-bond acceptors (Lipinski definition) is 2. The van der Waals surface area contributed by atoms with E-state index in [1.165, 1.54) is 0 Å². The molecule has 1 aliphatic heterocycles. The van der Waals surface area contributed by atoms with Gasteiger partial charge in [0.2, 0.25) is 0 Å². The zero-order valence-corrected chi connectivity index (χ0v) is 13.0. The highest BCUT2D eigenvalue weighted by Gasteiger charge is 2.17. The zero-order chi connectivity index (χ0) is 13.2. The van der Waals surface area contributed by atoms with Crippen molar-refractivity contribution < 1.29 is 9.47 Å². The van der Waals surface area contributed by atoms with Gasteiger partial charge in [-0.1, -0.05) is 62.2 Å². The van der Waals surface area contributed by atoms with Crippen LogP contribution in [0.15, 0.2) is 63.9 Å². The Balaban J connectivity index is 1.98. The molecular weight excluding hydrogens is 372 g/mol. The molecule has 0 unspecified atom stereocenters. The van der Waals surface area contributed by atoms with Crippen molar-refractivity contribution in [2.45, 2.75) is 6.29 Å². The van der Waals surface area contributed by atoms with Gasteiger partial charge in [0, 0.05) is 14.5 Å². The van der Waals surface area contributed by atoms with E-state index in [4.69, 9.17) is 9.47 Å². The van der Waals surface area contributed by atoms with Crippen molar-refractivity contribution in [3.8, 4) is 11.1 Å². The van der Waals surface area contributed by atoms with Gasteiger partial charge < -0.3 is 9.47 Å². The van der Waals surface area contributed by atoms with Gasteiger partial charge in [-0.3, -0.25) is 0 Å². The highest BCUT2D eigenvalue weighted by Crippen LogP contribution is 2.36. The zero-order valence-electron chi connectivity index (χ0n) is 9.85. The van der Waals surface area contributed by atoms with Crippen LogP contribution in [0.3, 0.4) is 0 Å². The van der Waals surface area contributed by atoms with Crippen molar-refractivity contribution in [2.75, 3.05) is 0 Å². The van der Waals surface area contributed by atoms with Crippen molar-refractivity contribution in [2.24, 2.45) is 0 Å². The Bertz CT molecular complexity index is 630. The Labute approximate surface area is 128 Å². The molecule has 0 saturated carbocycles. The van der Waals surface area contributed by atoms with Crippen LogP contribution in [0, 0.1) is 0 Å². The molecule has 0 aromatic heterocycles. The molecule has 0 saturated heterocycles. The molecule has 0 aliphatic carbocycles. The van der Waals surface area contributed by atoms with Crippen molar-refractivity contribution in [3.63, 3.8) is 0 Å². The second kappa shape index (κ2) is 5.39. The van der Waals surface area contributed by atoms with Crippen LogP contribution in [0.2, 0.25) is 0 Å². The van der Waals surface area contributed by atoms with Gasteiger partial charge in [-0.25, -0.2) is 0 Å². The van der Waals surface area contributed by atoms with E-state index in [1.54, 1.807) is 12.5 Å². The van der Waals surface area contributed by atoms with E-state index >= 15 is 0 Å². The van der Waals surface area contributed by atoms with Crippen molar-refractivity contribution >= 4 is 31.9 Å². The van der Waals surface area contributed by atoms with Crippen LogP contribution in [-0.2, 0) is 9.47 Å². The fraction of sp³-hybridized carbons (Fsp3) is 0.0667. The molecule has 0 amide bonds. The molecule has 2 nitrogen and oxygen atoms in total. The highest BCUT2D eigenvalue weighted by molar-refractivity contribution is 9.11. The first-order chi connectivity index (χ1) is 9.25. The molecule has 0 radical (unpaired) electrons. The largest absolute Gasteiger partial charge is 0.455 e. The van der Waals surface area contributed by atoms with Gasteiger partial charge >= 0.3 is 0 Å². The average Bonchev–Trinajstić information content (AvgIpc) is 2.94. The molecule has 19 heavy (non-hydrogen) atoms. The average molecular weight is 382 g/mol. The normalized spacial score (nSPS) is 14.2. The summed E-state index contributed by atoms with van der Waals surface area (Å²) in [7, 11) is 0. The number of ether oxygens (including phenoxy) is 2. The Morgan fingerprint density at radius 3 is 2.16 bits per heavy atom. The van der Waals surface area contributed by atoms with Crippen LogP contribution in [0.1, 0.15) is 11.9 Å². The molecule has 1 aliphatic rings. The molecule has 0 fully saturated rings. The highest BCUT2D eigenvalue weighted by atomic mass is 79.9. The smallest absolute Gasteiger partial charge is 0.266 e. The van der Waals surface area contributed by atoms with Gasteiger partial charge in [0.15, 0.2) is 0 Å². The Kier molecular flexibility index (Phi) is 3.62. The molecule has 1 heterocycles. The van der Waals surface area contributed by atoms with Gasteiger partial charge in [-0.15, -0.1) is 0 Å². The summed E-state index contributed by atoms with van der Waals surface area (Å²) in [5.41, 5.74) is 3.25. The van der Waals surface area contributed by atoms with Crippen LogP contribution >= 0.6 is 31.9 Å². The molecule has 96 valence electrons. The topological polar surface area (TPSA) is 18.5 Å². The predicted molar refractivity (Wildman–Crippen MR) is 81.3 cm³/mol. The van der Waals surface area contributed by atoms with Crippen molar-refractivity contribution in [3.05, 3.63) is 69.5 Å². The van der Waals surface area contributed by atoms with Crippen LogP contribution in [0.25, 0.3) is 11.1 Å². The van der Waals surface area contributed by atoms with Gasteiger partial charge in [0.05, 0.1) is 0 Å². The first-order valence-electron chi connectivity index (χ1n) is 5.76. The van der Waals surface area contributed by atoms with E-state index < -0.39 is 0 Å². The van der Waals surface area contributed by atoms with Crippen LogP contribution in [0.5, 0.6) is 0 Å².